The largest absolute Gasteiger partial charge is 0.573 e. The predicted molar refractivity (Wildman–Crippen MR) is 70.4 cm³/mol. The number of methoxy groups -OCH3 is 1. The average Bonchev–Trinajstić information content (AvgIpc) is 2.26. The van der Waals surface area contributed by atoms with Gasteiger partial charge in [0, 0.05) is 18.1 Å². The van der Waals surface area contributed by atoms with Gasteiger partial charge in [0.05, 0.1) is 12.3 Å². The molecule has 1 rings (SSSR count). The Morgan fingerprint density at radius 2 is 2.05 bits per heavy atom. The summed E-state index contributed by atoms with van der Waals surface area (Å²) in [5.41, 5.74) is 0.295. The van der Waals surface area contributed by atoms with Crippen LogP contribution in [0.5, 0.6) is 5.75 Å². The molecule has 1 aromatic rings. The third-order valence-electron chi connectivity index (χ3n) is 2.26. The van der Waals surface area contributed by atoms with E-state index in [0.717, 1.165) is 0 Å². The summed E-state index contributed by atoms with van der Waals surface area (Å²) in [5, 5.41) is 2.92. The number of rotatable bonds is 6. The molecule has 0 saturated carbocycles. The first kappa shape index (κ1) is 16.1. The standard InChI is InChI=1S/C12H15BrF3NO2/c1-8(7-18-2)6-17-10-4-3-9(13)5-11(10)19-12(14,15)16/h3-5,8,17H,6-7H2,1-2H3. The third-order valence-corrected chi connectivity index (χ3v) is 2.75. The number of hydrogen-bond acceptors (Lipinski definition) is 3. The van der Waals surface area contributed by atoms with E-state index in [4.69, 9.17) is 4.74 Å². The molecule has 1 unspecified atom stereocenters. The molecule has 0 aromatic heterocycles. The van der Waals surface area contributed by atoms with Gasteiger partial charge in [-0.25, -0.2) is 0 Å². The molecule has 0 aliphatic heterocycles. The molecule has 0 amide bonds. The van der Waals surface area contributed by atoms with Crippen molar-refractivity contribution in [2.75, 3.05) is 25.6 Å². The lowest BCUT2D eigenvalue weighted by atomic mass is 10.2. The number of benzene rings is 1. The van der Waals surface area contributed by atoms with Crippen molar-refractivity contribution in [3.63, 3.8) is 0 Å². The van der Waals surface area contributed by atoms with Crippen molar-refractivity contribution in [1.29, 1.82) is 0 Å². The van der Waals surface area contributed by atoms with Crippen molar-refractivity contribution in [2.24, 2.45) is 5.92 Å². The zero-order valence-corrected chi connectivity index (χ0v) is 12.1. The van der Waals surface area contributed by atoms with Crippen LogP contribution in [0.2, 0.25) is 0 Å². The van der Waals surface area contributed by atoms with Crippen molar-refractivity contribution in [3.05, 3.63) is 22.7 Å². The van der Waals surface area contributed by atoms with E-state index >= 15 is 0 Å². The Labute approximate surface area is 118 Å². The molecule has 0 heterocycles. The zero-order chi connectivity index (χ0) is 14.5. The second-order valence-corrected chi connectivity index (χ2v) is 5.05. The lowest BCUT2D eigenvalue weighted by molar-refractivity contribution is -0.274. The van der Waals surface area contributed by atoms with Crippen LogP contribution in [-0.2, 0) is 4.74 Å². The summed E-state index contributed by atoms with van der Waals surface area (Å²) < 4.78 is 46.3. The Hall–Kier alpha value is -0.950. The molecule has 0 radical (unpaired) electrons. The fourth-order valence-corrected chi connectivity index (χ4v) is 1.82. The van der Waals surface area contributed by atoms with Gasteiger partial charge in [0.15, 0.2) is 5.75 Å². The van der Waals surface area contributed by atoms with Crippen molar-refractivity contribution >= 4 is 21.6 Å². The van der Waals surface area contributed by atoms with E-state index in [1.807, 2.05) is 6.92 Å². The fraction of sp³-hybridized carbons (Fsp3) is 0.500. The smallest absolute Gasteiger partial charge is 0.404 e. The van der Waals surface area contributed by atoms with Gasteiger partial charge in [0.1, 0.15) is 0 Å². The predicted octanol–water partition coefficient (Wildman–Crippen LogP) is 4.04. The van der Waals surface area contributed by atoms with Crippen LogP contribution in [0.1, 0.15) is 6.92 Å². The van der Waals surface area contributed by atoms with Crippen LogP contribution in [-0.4, -0.2) is 26.6 Å². The Bertz CT molecular complexity index is 412. The number of hydrogen-bond donors (Lipinski definition) is 1. The summed E-state index contributed by atoms with van der Waals surface area (Å²) in [6.07, 6.45) is -4.71. The highest BCUT2D eigenvalue weighted by Gasteiger charge is 2.32. The summed E-state index contributed by atoms with van der Waals surface area (Å²) in [6.45, 7) is 2.95. The zero-order valence-electron chi connectivity index (χ0n) is 10.6. The minimum Gasteiger partial charge on any atom is -0.404 e. The van der Waals surface area contributed by atoms with Crippen LogP contribution in [0.3, 0.4) is 0 Å². The molecule has 19 heavy (non-hydrogen) atoms. The van der Waals surface area contributed by atoms with Gasteiger partial charge in [-0.05, 0) is 24.1 Å². The van der Waals surface area contributed by atoms with Gasteiger partial charge in [-0.15, -0.1) is 13.2 Å². The molecule has 0 spiro atoms. The molecule has 0 aliphatic rings. The second-order valence-electron chi connectivity index (χ2n) is 4.13. The minimum absolute atomic E-state index is 0.174. The van der Waals surface area contributed by atoms with Gasteiger partial charge >= 0.3 is 6.36 Å². The van der Waals surface area contributed by atoms with Crippen molar-refractivity contribution < 1.29 is 22.6 Å². The molecule has 7 heteroatoms. The summed E-state index contributed by atoms with van der Waals surface area (Å²) >= 11 is 3.11. The molecule has 0 bridgehead atoms. The van der Waals surface area contributed by atoms with Crippen molar-refractivity contribution in [2.45, 2.75) is 13.3 Å². The van der Waals surface area contributed by atoms with Crippen molar-refractivity contribution in [3.8, 4) is 5.75 Å². The third kappa shape index (κ3) is 6.15. The quantitative estimate of drug-likeness (QED) is 0.846. The molecular weight excluding hydrogens is 327 g/mol. The number of nitrogens with one attached hydrogen (secondary N) is 1. The first-order valence-electron chi connectivity index (χ1n) is 5.60. The maximum atomic E-state index is 12.3. The maximum Gasteiger partial charge on any atom is 0.573 e. The van der Waals surface area contributed by atoms with E-state index in [1.54, 1.807) is 13.2 Å². The van der Waals surface area contributed by atoms with Gasteiger partial charge < -0.3 is 14.8 Å². The first-order chi connectivity index (χ1) is 8.81. The SMILES string of the molecule is COCC(C)CNc1ccc(Br)cc1OC(F)(F)F. The molecule has 1 N–H and O–H groups in total. The average molecular weight is 342 g/mol. The van der Waals surface area contributed by atoms with Crippen LogP contribution in [0, 0.1) is 5.92 Å². The highest BCUT2D eigenvalue weighted by atomic mass is 79.9. The molecule has 0 saturated heterocycles. The summed E-state index contributed by atoms with van der Waals surface area (Å²) in [4.78, 5) is 0. The van der Waals surface area contributed by atoms with Gasteiger partial charge in [-0.1, -0.05) is 22.9 Å². The highest BCUT2D eigenvalue weighted by Crippen LogP contribution is 2.33. The topological polar surface area (TPSA) is 30.5 Å². The monoisotopic (exact) mass is 341 g/mol. The fourth-order valence-electron chi connectivity index (χ4n) is 1.48. The van der Waals surface area contributed by atoms with Gasteiger partial charge in [0.2, 0.25) is 0 Å². The second kappa shape index (κ2) is 7.00. The summed E-state index contributed by atoms with van der Waals surface area (Å²) in [6, 6.07) is 4.45. The van der Waals surface area contributed by atoms with Gasteiger partial charge in [-0.2, -0.15) is 0 Å². The van der Waals surface area contributed by atoms with E-state index < -0.39 is 6.36 Å². The van der Waals surface area contributed by atoms with Crippen LogP contribution < -0.4 is 10.1 Å². The summed E-state index contributed by atoms with van der Waals surface area (Å²) in [5.74, 6) is -0.0844. The molecular formula is C12H15BrF3NO2. The minimum atomic E-state index is -4.71. The number of alkyl halides is 3. The normalized spacial score (nSPS) is 13.2. The number of halogens is 4. The lowest BCUT2D eigenvalue weighted by Crippen LogP contribution is -2.20. The number of ether oxygens (including phenoxy) is 2. The Morgan fingerprint density at radius 3 is 2.63 bits per heavy atom. The Kier molecular flexibility index (Phi) is 5.93. The molecule has 1 aromatic carbocycles. The van der Waals surface area contributed by atoms with Crippen molar-refractivity contribution in [1.82, 2.24) is 0 Å². The first-order valence-corrected chi connectivity index (χ1v) is 6.39. The van der Waals surface area contributed by atoms with Gasteiger partial charge in [-0.3, -0.25) is 0 Å². The molecule has 0 fully saturated rings. The lowest BCUT2D eigenvalue weighted by Gasteiger charge is -2.17. The van der Waals surface area contributed by atoms with Crippen LogP contribution in [0.4, 0.5) is 18.9 Å². The van der Waals surface area contributed by atoms with E-state index in [1.165, 1.54) is 12.1 Å². The van der Waals surface area contributed by atoms with Gasteiger partial charge in [0.25, 0.3) is 0 Å². The van der Waals surface area contributed by atoms with E-state index in [-0.39, 0.29) is 11.7 Å². The van der Waals surface area contributed by atoms with Crippen LogP contribution >= 0.6 is 15.9 Å². The summed E-state index contributed by atoms with van der Waals surface area (Å²) in [7, 11) is 1.58. The van der Waals surface area contributed by atoms with E-state index in [2.05, 4.69) is 26.0 Å². The molecule has 3 nitrogen and oxygen atoms in total. The number of anilines is 1. The van der Waals surface area contributed by atoms with Crippen LogP contribution in [0.15, 0.2) is 22.7 Å². The van der Waals surface area contributed by atoms with E-state index in [9.17, 15) is 13.2 Å². The Morgan fingerprint density at radius 1 is 1.37 bits per heavy atom. The Balaban J connectivity index is 2.76. The highest BCUT2D eigenvalue weighted by molar-refractivity contribution is 9.10. The van der Waals surface area contributed by atoms with E-state index in [0.29, 0.717) is 23.3 Å². The molecule has 0 aliphatic carbocycles. The molecule has 108 valence electrons. The van der Waals surface area contributed by atoms with Crippen LogP contribution in [0.25, 0.3) is 0 Å². The molecule has 1 atom stereocenters. The maximum absolute atomic E-state index is 12.3.